The summed E-state index contributed by atoms with van der Waals surface area (Å²) in [6.07, 6.45) is -0.437. The molecular formula is C15H16N4O3. The van der Waals surface area contributed by atoms with E-state index in [4.69, 9.17) is 4.74 Å². The van der Waals surface area contributed by atoms with E-state index in [1.807, 2.05) is 30.3 Å². The van der Waals surface area contributed by atoms with Gasteiger partial charge in [0.15, 0.2) is 5.65 Å². The lowest BCUT2D eigenvalue weighted by atomic mass is 10.1. The van der Waals surface area contributed by atoms with E-state index < -0.39 is 17.4 Å². The fourth-order valence-corrected chi connectivity index (χ4v) is 2.50. The first kappa shape index (κ1) is 14.3. The van der Waals surface area contributed by atoms with Gasteiger partial charge in [-0.25, -0.2) is 9.78 Å². The molecule has 0 fully saturated rings. The number of ether oxygens (including phenoxy) is 1. The topological polar surface area (TPSA) is 81.9 Å². The molecule has 114 valence electrons. The Morgan fingerprint density at radius 1 is 1.14 bits per heavy atom. The minimum absolute atomic E-state index is 0.289. The summed E-state index contributed by atoms with van der Waals surface area (Å²) in [4.78, 5) is 31.5. The van der Waals surface area contributed by atoms with Crippen LogP contribution in [0, 0.1) is 0 Å². The minimum atomic E-state index is -0.437. The molecular weight excluding hydrogens is 284 g/mol. The number of hydrogen-bond donors (Lipinski definition) is 1. The standard InChI is InChI=1S/C15H16N4O3/c1-18-13-10(14(20)19(2)15(18)21)16-12(17-13)11(22-3)9-7-5-4-6-8-9/h4-8,11H,1-3H3,(H,16,17)/t11-/m0/s1. The van der Waals surface area contributed by atoms with Gasteiger partial charge in [-0.1, -0.05) is 30.3 Å². The van der Waals surface area contributed by atoms with Gasteiger partial charge in [-0.05, 0) is 5.56 Å². The number of aromatic amines is 1. The third-order valence-corrected chi connectivity index (χ3v) is 3.70. The van der Waals surface area contributed by atoms with E-state index in [1.54, 1.807) is 14.2 Å². The summed E-state index contributed by atoms with van der Waals surface area (Å²) in [7, 11) is 4.59. The molecule has 0 spiro atoms. The third kappa shape index (κ3) is 2.06. The van der Waals surface area contributed by atoms with E-state index in [2.05, 4.69) is 9.97 Å². The van der Waals surface area contributed by atoms with Gasteiger partial charge in [-0.2, -0.15) is 0 Å². The molecule has 0 aliphatic heterocycles. The van der Waals surface area contributed by atoms with Crippen molar-refractivity contribution in [1.82, 2.24) is 19.1 Å². The Bertz CT molecular complexity index is 937. The molecule has 0 unspecified atom stereocenters. The summed E-state index contributed by atoms with van der Waals surface area (Å²) < 4.78 is 7.89. The summed E-state index contributed by atoms with van der Waals surface area (Å²) in [5.74, 6) is 0.488. The van der Waals surface area contributed by atoms with Gasteiger partial charge in [0.2, 0.25) is 0 Å². The van der Waals surface area contributed by atoms with E-state index in [0.29, 0.717) is 11.5 Å². The number of methoxy groups -OCH3 is 1. The Morgan fingerprint density at radius 2 is 1.82 bits per heavy atom. The highest BCUT2D eigenvalue weighted by atomic mass is 16.5. The fraction of sp³-hybridized carbons (Fsp3) is 0.267. The van der Waals surface area contributed by atoms with Gasteiger partial charge in [0.25, 0.3) is 5.56 Å². The molecule has 1 aromatic carbocycles. The molecule has 0 saturated heterocycles. The number of benzene rings is 1. The van der Waals surface area contributed by atoms with Crippen molar-refractivity contribution >= 4 is 11.2 Å². The van der Waals surface area contributed by atoms with Crippen LogP contribution in [0.3, 0.4) is 0 Å². The van der Waals surface area contributed by atoms with Crippen molar-refractivity contribution in [1.29, 1.82) is 0 Å². The second-order valence-electron chi connectivity index (χ2n) is 5.05. The highest BCUT2D eigenvalue weighted by Crippen LogP contribution is 2.23. The molecule has 1 atom stereocenters. The van der Waals surface area contributed by atoms with Gasteiger partial charge < -0.3 is 9.72 Å². The molecule has 0 aliphatic rings. The van der Waals surface area contributed by atoms with Crippen LogP contribution in [-0.4, -0.2) is 26.2 Å². The monoisotopic (exact) mass is 300 g/mol. The lowest BCUT2D eigenvalue weighted by molar-refractivity contribution is 0.130. The van der Waals surface area contributed by atoms with Gasteiger partial charge >= 0.3 is 5.69 Å². The van der Waals surface area contributed by atoms with E-state index in [-0.39, 0.29) is 5.52 Å². The van der Waals surface area contributed by atoms with Crippen LogP contribution in [0.5, 0.6) is 0 Å². The number of fused-ring (bicyclic) bond motifs is 1. The Morgan fingerprint density at radius 3 is 2.45 bits per heavy atom. The van der Waals surface area contributed by atoms with Crippen molar-refractivity contribution in [3.63, 3.8) is 0 Å². The Labute approximate surface area is 125 Å². The smallest absolute Gasteiger partial charge is 0.332 e. The number of aryl methyl sites for hydroxylation is 1. The maximum atomic E-state index is 12.2. The number of rotatable bonds is 3. The second kappa shape index (κ2) is 5.27. The molecule has 1 N–H and O–H groups in total. The van der Waals surface area contributed by atoms with Crippen LogP contribution in [0.1, 0.15) is 17.5 Å². The predicted molar refractivity (Wildman–Crippen MR) is 81.9 cm³/mol. The number of hydrogen-bond acceptors (Lipinski definition) is 4. The molecule has 0 amide bonds. The van der Waals surface area contributed by atoms with Crippen LogP contribution in [0.15, 0.2) is 39.9 Å². The first-order valence-corrected chi connectivity index (χ1v) is 6.78. The highest BCUT2D eigenvalue weighted by molar-refractivity contribution is 5.70. The molecule has 7 heteroatoms. The van der Waals surface area contributed by atoms with E-state index in [0.717, 1.165) is 10.1 Å². The number of nitrogens with zero attached hydrogens (tertiary/aromatic N) is 3. The number of nitrogens with one attached hydrogen (secondary N) is 1. The van der Waals surface area contributed by atoms with Crippen molar-refractivity contribution < 1.29 is 4.74 Å². The van der Waals surface area contributed by atoms with E-state index in [1.165, 1.54) is 11.6 Å². The van der Waals surface area contributed by atoms with Crippen LogP contribution in [0.2, 0.25) is 0 Å². The zero-order chi connectivity index (χ0) is 15.9. The SMILES string of the molecule is CO[C@@H](c1ccccc1)c1nc2c([nH]1)c(=O)n(C)c(=O)n2C. The lowest BCUT2D eigenvalue weighted by Crippen LogP contribution is -2.36. The third-order valence-electron chi connectivity index (χ3n) is 3.70. The normalized spacial score (nSPS) is 12.7. The van der Waals surface area contributed by atoms with Crippen LogP contribution in [0.25, 0.3) is 11.2 Å². The second-order valence-corrected chi connectivity index (χ2v) is 5.05. The first-order valence-electron chi connectivity index (χ1n) is 6.78. The lowest BCUT2D eigenvalue weighted by Gasteiger charge is -2.12. The highest BCUT2D eigenvalue weighted by Gasteiger charge is 2.20. The average Bonchev–Trinajstić information content (AvgIpc) is 2.98. The van der Waals surface area contributed by atoms with Crippen molar-refractivity contribution in [3.8, 4) is 0 Å². The van der Waals surface area contributed by atoms with Gasteiger partial charge in [-0.3, -0.25) is 13.9 Å². The molecule has 7 nitrogen and oxygen atoms in total. The predicted octanol–water partition coefficient (Wildman–Crippen LogP) is 0.696. The molecule has 22 heavy (non-hydrogen) atoms. The van der Waals surface area contributed by atoms with E-state index in [9.17, 15) is 9.59 Å². The summed E-state index contributed by atoms with van der Waals surface area (Å²) >= 11 is 0. The molecule has 0 radical (unpaired) electrons. The molecule has 2 aromatic heterocycles. The Balaban J connectivity index is 2.25. The van der Waals surface area contributed by atoms with Gasteiger partial charge in [0, 0.05) is 21.2 Å². The summed E-state index contributed by atoms with van der Waals surface area (Å²) in [6, 6.07) is 9.54. The zero-order valence-electron chi connectivity index (χ0n) is 12.5. The maximum Gasteiger partial charge on any atom is 0.332 e. The maximum absolute atomic E-state index is 12.2. The van der Waals surface area contributed by atoms with Crippen molar-refractivity contribution in [2.75, 3.05) is 7.11 Å². The summed E-state index contributed by atoms with van der Waals surface area (Å²) in [5, 5.41) is 0. The summed E-state index contributed by atoms with van der Waals surface area (Å²) in [6.45, 7) is 0. The molecule has 0 aliphatic carbocycles. The molecule has 0 saturated carbocycles. The zero-order valence-corrected chi connectivity index (χ0v) is 12.5. The first-order chi connectivity index (χ1) is 10.5. The van der Waals surface area contributed by atoms with Gasteiger partial charge in [0.05, 0.1) is 0 Å². The molecule has 0 bridgehead atoms. The van der Waals surface area contributed by atoms with Crippen molar-refractivity contribution in [3.05, 3.63) is 62.6 Å². The quantitative estimate of drug-likeness (QED) is 0.772. The molecule has 2 heterocycles. The van der Waals surface area contributed by atoms with Crippen LogP contribution >= 0.6 is 0 Å². The Hall–Kier alpha value is -2.67. The van der Waals surface area contributed by atoms with Crippen molar-refractivity contribution in [2.24, 2.45) is 14.1 Å². The average molecular weight is 300 g/mol. The fourth-order valence-electron chi connectivity index (χ4n) is 2.50. The van der Waals surface area contributed by atoms with Crippen LogP contribution in [0.4, 0.5) is 0 Å². The number of H-pyrrole nitrogens is 1. The van der Waals surface area contributed by atoms with Crippen molar-refractivity contribution in [2.45, 2.75) is 6.10 Å². The minimum Gasteiger partial charge on any atom is -0.369 e. The number of imidazole rings is 1. The largest absolute Gasteiger partial charge is 0.369 e. The molecule has 3 aromatic rings. The summed E-state index contributed by atoms with van der Waals surface area (Å²) in [5.41, 5.74) is 0.702. The van der Waals surface area contributed by atoms with E-state index >= 15 is 0 Å². The van der Waals surface area contributed by atoms with Crippen LogP contribution in [-0.2, 0) is 18.8 Å². The Kier molecular flexibility index (Phi) is 3.42. The van der Waals surface area contributed by atoms with Gasteiger partial charge in [0.1, 0.15) is 17.4 Å². The molecule has 3 rings (SSSR count). The van der Waals surface area contributed by atoms with Crippen LogP contribution < -0.4 is 11.2 Å². The number of aromatic nitrogens is 4. The van der Waals surface area contributed by atoms with Gasteiger partial charge in [-0.15, -0.1) is 0 Å².